The van der Waals surface area contributed by atoms with Gasteiger partial charge in [0.15, 0.2) is 0 Å². The number of hydrogen-bond donors (Lipinski definition) is 4. The molecule has 0 radical (unpaired) electrons. The van der Waals surface area contributed by atoms with Crippen LogP contribution >= 0.6 is 0 Å². The number of carbonyl (C=O) groups excluding carboxylic acids is 3. The first-order valence-electron chi connectivity index (χ1n) is 14.7. The molecule has 9 heteroatoms. The lowest BCUT2D eigenvalue weighted by molar-refractivity contribution is -0.145. The zero-order chi connectivity index (χ0) is 29.3. The van der Waals surface area contributed by atoms with Crippen LogP contribution in [0.4, 0.5) is 11.5 Å². The second kappa shape index (κ2) is 11.3. The van der Waals surface area contributed by atoms with Crippen LogP contribution in [0.2, 0.25) is 0 Å². The molecule has 3 aromatic rings. The first-order valence-corrected chi connectivity index (χ1v) is 14.7. The van der Waals surface area contributed by atoms with Crippen molar-refractivity contribution in [1.82, 2.24) is 20.5 Å². The number of benzene rings is 2. The highest BCUT2D eigenvalue weighted by Crippen LogP contribution is 2.47. The first kappa shape index (κ1) is 28.1. The quantitative estimate of drug-likeness (QED) is 0.333. The molecule has 3 amide bonds. The van der Waals surface area contributed by atoms with Crippen LogP contribution in [0.1, 0.15) is 47.6 Å². The third kappa shape index (κ3) is 5.18. The van der Waals surface area contributed by atoms with Crippen molar-refractivity contribution in [3.05, 3.63) is 88.6 Å². The maximum atomic E-state index is 14.0. The van der Waals surface area contributed by atoms with Crippen LogP contribution < -0.4 is 21.3 Å². The molecule has 3 heterocycles. The molecule has 1 unspecified atom stereocenters. The number of aromatic nitrogens is 1. The molecular formula is C33H38N6O3. The number of hydrogen-bond acceptors (Lipinski definition) is 6. The van der Waals surface area contributed by atoms with Gasteiger partial charge >= 0.3 is 0 Å². The summed E-state index contributed by atoms with van der Waals surface area (Å²) in [7, 11) is 1.90. The van der Waals surface area contributed by atoms with Crippen LogP contribution in [0.5, 0.6) is 0 Å². The fourth-order valence-electron chi connectivity index (χ4n) is 6.77. The van der Waals surface area contributed by atoms with Gasteiger partial charge in [-0.1, -0.05) is 43.3 Å². The summed E-state index contributed by atoms with van der Waals surface area (Å²) in [5.41, 5.74) is 4.67. The zero-order valence-electron chi connectivity index (χ0n) is 24.3. The van der Waals surface area contributed by atoms with Crippen molar-refractivity contribution < 1.29 is 14.4 Å². The van der Waals surface area contributed by atoms with Crippen LogP contribution in [0, 0.1) is 5.41 Å². The molecule has 0 saturated carbocycles. The van der Waals surface area contributed by atoms with Crippen molar-refractivity contribution in [3.8, 4) is 0 Å². The lowest BCUT2D eigenvalue weighted by Crippen LogP contribution is -2.49. The lowest BCUT2D eigenvalue weighted by atomic mass is 9.79. The summed E-state index contributed by atoms with van der Waals surface area (Å²) in [5.74, 6) is 0.367. The third-order valence-corrected chi connectivity index (χ3v) is 9.16. The molecule has 3 aliphatic rings. The number of amides is 3. The highest BCUT2D eigenvalue weighted by Gasteiger charge is 2.51. The molecule has 1 aromatic heterocycles. The predicted octanol–water partition coefficient (Wildman–Crippen LogP) is 3.15. The molecule has 4 N–H and O–H groups in total. The smallest absolute Gasteiger partial charge is 0.244 e. The summed E-state index contributed by atoms with van der Waals surface area (Å²) in [6.45, 7) is 4.59. The summed E-state index contributed by atoms with van der Waals surface area (Å²) in [5, 5.41) is 12.5. The van der Waals surface area contributed by atoms with Crippen LogP contribution in [0.3, 0.4) is 0 Å². The Hall–Kier alpha value is -4.08. The largest absolute Gasteiger partial charge is 0.329 e. The number of nitrogens with one attached hydrogen (secondary N) is 4. The molecule has 218 valence electrons. The van der Waals surface area contributed by atoms with E-state index in [0.29, 0.717) is 37.4 Å². The van der Waals surface area contributed by atoms with Crippen LogP contribution in [-0.4, -0.2) is 54.3 Å². The van der Waals surface area contributed by atoms with E-state index in [1.54, 1.807) is 11.1 Å². The minimum absolute atomic E-state index is 0.00817. The Labute approximate surface area is 246 Å². The van der Waals surface area contributed by atoms with E-state index in [1.165, 1.54) is 0 Å². The van der Waals surface area contributed by atoms with Gasteiger partial charge in [0, 0.05) is 36.0 Å². The van der Waals surface area contributed by atoms with E-state index < -0.39 is 10.8 Å². The van der Waals surface area contributed by atoms with Gasteiger partial charge in [0.25, 0.3) is 0 Å². The molecule has 2 aliphatic heterocycles. The summed E-state index contributed by atoms with van der Waals surface area (Å²) in [6, 6.07) is 17.7. The van der Waals surface area contributed by atoms with E-state index >= 15 is 0 Å². The SMILES string of the molecule is CNCc1ccccc1CN(CC(=O)Nc1ccc2c(c1)CC1(C2)C(=O)Nc2ncccc21)C(=O)C1(C)CCNCC1. The minimum atomic E-state index is -0.664. The van der Waals surface area contributed by atoms with Crippen molar-refractivity contribution >= 4 is 29.2 Å². The Kier molecular flexibility index (Phi) is 7.55. The highest BCUT2D eigenvalue weighted by atomic mass is 16.2. The molecule has 42 heavy (non-hydrogen) atoms. The number of carbonyl (C=O) groups is 3. The number of fused-ring (bicyclic) bond motifs is 3. The molecular weight excluding hydrogens is 528 g/mol. The molecule has 1 atom stereocenters. The van der Waals surface area contributed by atoms with Crippen molar-refractivity contribution in [2.45, 2.75) is 51.1 Å². The maximum absolute atomic E-state index is 14.0. The molecule has 0 bridgehead atoms. The van der Waals surface area contributed by atoms with E-state index in [2.05, 4.69) is 32.3 Å². The van der Waals surface area contributed by atoms with E-state index in [-0.39, 0.29) is 24.3 Å². The van der Waals surface area contributed by atoms with E-state index in [0.717, 1.165) is 53.7 Å². The summed E-state index contributed by atoms with van der Waals surface area (Å²) in [6.07, 6.45) is 4.31. The summed E-state index contributed by atoms with van der Waals surface area (Å²) in [4.78, 5) is 46.6. The Morgan fingerprint density at radius 1 is 1.00 bits per heavy atom. The second-order valence-corrected chi connectivity index (χ2v) is 12.1. The number of piperidine rings is 1. The standard InChI is InChI=1S/C33H38N6O3/c1-32(11-14-35-15-12-32)31(42)39(20-24-7-4-3-6-23(24)19-34-2)21-28(40)37-26-10-9-22-17-33(18-25(22)16-26)27-8-5-13-36-29(27)38-30(33)41/h3-10,13,16,34-35H,11-12,14-15,17-21H2,1-2H3,(H,37,40)(H,36,38,41). The average Bonchev–Trinajstić information content (AvgIpc) is 3.50. The van der Waals surface area contributed by atoms with Gasteiger partial charge < -0.3 is 26.2 Å². The normalized spacial score (nSPS) is 20.1. The Morgan fingerprint density at radius 2 is 1.76 bits per heavy atom. The molecule has 1 saturated heterocycles. The number of nitrogens with zero attached hydrogens (tertiary/aromatic N) is 2. The van der Waals surface area contributed by atoms with Gasteiger partial charge in [0.2, 0.25) is 17.7 Å². The van der Waals surface area contributed by atoms with Gasteiger partial charge in [-0.25, -0.2) is 4.98 Å². The monoisotopic (exact) mass is 566 g/mol. The Bertz CT molecular complexity index is 1530. The molecule has 1 fully saturated rings. The van der Waals surface area contributed by atoms with Crippen LogP contribution in [0.15, 0.2) is 60.8 Å². The van der Waals surface area contributed by atoms with E-state index in [1.807, 2.05) is 62.5 Å². The van der Waals surface area contributed by atoms with Gasteiger partial charge in [-0.15, -0.1) is 0 Å². The summed E-state index contributed by atoms with van der Waals surface area (Å²) < 4.78 is 0. The Balaban J connectivity index is 1.20. The molecule has 2 aromatic carbocycles. The number of pyridine rings is 1. The van der Waals surface area contributed by atoms with E-state index in [4.69, 9.17) is 0 Å². The predicted molar refractivity (Wildman–Crippen MR) is 162 cm³/mol. The van der Waals surface area contributed by atoms with Gasteiger partial charge in [-0.2, -0.15) is 0 Å². The van der Waals surface area contributed by atoms with Gasteiger partial charge in [0.1, 0.15) is 12.4 Å². The van der Waals surface area contributed by atoms with Gasteiger partial charge in [-0.05, 0) is 86.3 Å². The third-order valence-electron chi connectivity index (χ3n) is 9.16. The van der Waals surface area contributed by atoms with Crippen molar-refractivity contribution in [2.24, 2.45) is 5.41 Å². The molecule has 1 aliphatic carbocycles. The molecule has 6 rings (SSSR count). The zero-order valence-corrected chi connectivity index (χ0v) is 24.3. The first-order chi connectivity index (χ1) is 20.3. The lowest BCUT2D eigenvalue weighted by Gasteiger charge is -2.37. The fourth-order valence-corrected chi connectivity index (χ4v) is 6.77. The van der Waals surface area contributed by atoms with E-state index in [9.17, 15) is 14.4 Å². The minimum Gasteiger partial charge on any atom is -0.329 e. The topological polar surface area (TPSA) is 115 Å². The van der Waals surface area contributed by atoms with Crippen molar-refractivity contribution in [2.75, 3.05) is 37.3 Å². The summed E-state index contributed by atoms with van der Waals surface area (Å²) >= 11 is 0. The van der Waals surface area contributed by atoms with Gasteiger partial charge in [-0.3, -0.25) is 14.4 Å². The van der Waals surface area contributed by atoms with Gasteiger partial charge in [0.05, 0.1) is 5.41 Å². The fraction of sp³-hybridized carbons (Fsp3) is 0.394. The van der Waals surface area contributed by atoms with Crippen molar-refractivity contribution in [1.29, 1.82) is 0 Å². The van der Waals surface area contributed by atoms with Crippen LogP contribution in [-0.2, 0) is 45.7 Å². The maximum Gasteiger partial charge on any atom is 0.244 e. The number of anilines is 2. The van der Waals surface area contributed by atoms with Crippen molar-refractivity contribution in [3.63, 3.8) is 0 Å². The molecule has 1 spiro atoms. The average molecular weight is 567 g/mol. The Morgan fingerprint density at radius 3 is 2.55 bits per heavy atom. The number of rotatable bonds is 8. The van der Waals surface area contributed by atoms with Crippen LogP contribution in [0.25, 0.3) is 0 Å². The molecule has 9 nitrogen and oxygen atoms in total. The highest BCUT2D eigenvalue weighted by molar-refractivity contribution is 6.06. The second-order valence-electron chi connectivity index (χ2n) is 12.1.